The van der Waals surface area contributed by atoms with Crippen LogP contribution in [0.15, 0.2) is 115 Å². The van der Waals surface area contributed by atoms with Gasteiger partial charge in [0.05, 0.1) is 74.3 Å². The first kappa shape index (κ1) is 73.2. The molecule has 6 aromatic rings. The van der Waals surface area contributed by atoms with Gasteiger partial charge in [-0.3, -0.25) is 24.0 Å². The fraction of sp³-hybridized carbons (Fsp3) is 0.500. The third kappa shape index (κ3) is 17.2. The summed E-state index contributed by atoms with van der Waals surface area (Å²) in [7, 11) is 6.76. The van der Waals surface area contributed by atoms with Gasteiger partial charge in [0.25, 0.3) is 5.56 Å². The molecule has 12 rings (SSSR count). The van der Waals surface area contributed by atoms with E-state index >= 15 is 0 Å². The summed E-state index contributed by atoms with van der Waals surface area (Å²) in [6, 6.07) is 15.2. The summed E-state index contributed by atoms with van der Waals surface area (Å²) in [5.41, 5.74) is 1.40. The summed E-state index contributed by atoms with van der Waals surface area (Å²) in [5.74, 6) is -1.90. The summed E-state index contributed by atoms with van der Waals surface area (Å²) >= 11 is 3.15. The zero-order chi connectivity index (χ0) is 70.7. The Balaban J connectivity index is 0.000000178. The normalized spacial score (nSPS) is 23.9. The van der Waals surface area contributed by atoms with E-state index in [-0.39, 0.29) is 73.5 Å². The molecule has 6 aliphatic carbocycles. The van der Waals surface area contributed by atoms with Crippen molar-refractivity contribution in [3.05, 3.63) is 132 Å². The molecule has 0 unspecified atom stereocenters. The third-order valence-electron chi connectivity index (χ3n) is 19.8. The number of aromatic nitrogens is 4. The van der Waals surface area contributed by atoms with Crippen LogP contribution in [0, 0.1) is 35.5 Å². The standard InChI is InChI=1S/C38H46N4O6S.C22H34N2O5.C16H14N2O2S/c1-6-9-10-11-16-42(4)36(44)30-20-27(19-29(30)33(43)41-38(21-25(38)7-2)37(45)47-8-3)48-34-28-15-14-26(46-5)17-24(28)18-31(39-34)35-40-32(22-49-35)23-12-13-23;1-5-8-9-10-11-24(4)20(27)18-13-16(25)12-17(18)19(26)23-22(14-15(22)6-2)21(28)29-7-3;1-20-11-4-5-12-10(6-11)7-13(17-15(12)19)16-18-14(8-21-16)9-2-3-9/h6-7,14-15,17-18,22-23,25,27,29-30H,1-2,8-13,16,19-21H2,3-5H3,(H,41,43);5-6,15-18,25H,1-2,7-14H2,3-4H3,(H,23,26);4-9H,2-3H2,1H3,(H,17,19)/t25-,27-,29-,30-,38+;15-,16+,17-,18-,22-;/m11./s1. The molecule has 21 nitrogen and oxygen atoms in total. The first-order valence-corrected chi connectivity index (χ1v) is 36.4. The third-order valence-corrected chi connectivity index (χ3v) is 21.6. The highest BCUT2D eigenvalue weighted by Crippen LogP contribution is 2.49. The highest BCUT2D eigenvalue weighted by molar-refractivity contribution is 7.13. The Morgan fingerprint density at radius 1 is 0.636 bits per heavy atom. The van der Waals surface area contributed by atoms with Crippen molar-refractivity contribution in [1.82, 2.24) is 40.4 Å². The van der Waals surface area contributed by atoms with E-state index in [0.29, 0.717) is 66.9 Å². The molecule has 99 heavy (non-hydrogen) atoms. The monoisotopic (exact) mass is 1390 g/mol. The van der Waals surface area contributed by atoms with E-state index < -0.39 is 58.9 Å². The number of nitrogens with one attached hydrogen (secondary N) is 3. The average molecular weight is 1390 g/mol. The van der Waals surface area contributed by atoms with E-state index in [1.54, 1.807) is 98.9 Å². The number of hydrogen-bond acceptors (Lipinski definition) is 18. The second kappa shape index (κ2) is 32.6. The Morgan fingerprint density at radius 2 is 1.11 bits per heavy atom. The number of unbranched alkanes of at least 4 members (excludes halogenated alkanes) is 4. The van der Waals surface area contributed by atoms with Gasteiger partial charge in [0, 0.05) is 72.4 Å². The van der Waals surface area contributed by atoms with Crippen LogP contribution in [0.1, 0.15) is 140 Å². The number of aliphatic hydroxyl groups is 1. The van der Waals surface area contributed by atoms with E-state index in [0.717, 1.165) is 100 Å². The summed E-state index contributed by atoms with van der Waals surface area (Å²) in [5, 5.41) is 25.1. The Hall–Kier alpha value is -8.54. The number of aliphatic hydroxyl groups excluding tert-OH is 1. The van der Waals surface area contributed by atoms with Crippen molar-refractivity contribution in [2.24, 2.45) is 35.5 Å². The van der Waals surface area contributed by atoms with E-state index in [1.165, 1.54) is 12.8 Å². The van der Waals surface area contributed by atoms with Crippen LogP contribution in [0.25, 0.3) is 42.9 Å². The molecule has 528 valence electrons. The van der Waals surface area contributed by atoms with Gasteiger partial charge < -0.3 is 54.2 Å². The topological polar surface area (TPSA) is 271 Å². The smallest absolute Gasteiger partial charge is 0.332 e. The first-order valence-electron chi connectivity index (χ1n) is 34.7. The fourth-order valence-corrected chi connectivity index (χ4v) is 15.3. The summed E-state index contributed by atoms with van der Waals surface area (Å²) in [6.45, 7) is 20.1. The van der Waals surface area contributed by atoms with Gasteiger partial charge in [-0.25, -0.2) is 24.5 Å². The molecule has 10 atom stereocenters. The number of benzene rings is 2. The number of rotatable bonds is 30. The van der Waals surface area contributed by atoms with Crippen molar-refractivity contribution in [2.75, 3.05) is 54.6 Å². The van der Waals surface area contributed by atoms with Crippen molar-refractivity contribution in [3.8, 4) is 38.8 Å². The number of nitrogens with zero attached hydrogens (tertiary/aromatic N) is 5. The van der Waals surface area contributed by atoms with Crippen LogP contribution < -0.4 is 30.4 Å². The van der Waals surface area contributed by atoms with E-state index in [4.69, 9.17) is 33.7 Å². The maximum atomic E-state index is 14.1. The van der Waals surface area contributed by atoms with Crippen molar-refractivity contribution in [2.45, 2.75) is 152 Å². The van der Waals surface area contributed by atoms with E-state index in [2.05, 4.69) is 57.7 Å². The minimum Gasteiger partial charge on any atom is -0.497 e. The van der Waals surface area contributed by atoms with Crippen LogP contribution in [-0.2, 0) is 38.2 Å². The lowest BCUT2D eigenvalue weighted by Crippen LogP contribution is -2.50. The molecule has 4 amide bonds. The van der Waals surface area contributed by atoms with Gasteiger partial charge in [-0.15, -0.1) is 49.0 Å². The number of amides is 4. The Kier molecular flexibility index (Phi) is 24.1. The molecule has 6 saturated carbocycles. The molecule has 23 heteroatoms. The molecular weight excluding hydrogens is 1300 g/mol. The quantitative estimate of drug-likeness (QED) is 0.0185. The molecule has 0 radical (unpaired) electrons. The Morgan fingerprint density at radius 3 is 1.61 bits per heavy atom. The minimum atomic E-state index is -1.16. The second-order valence-electron chi connectivity index (χ2n) is 26.9. The van der Waals surface area contributed by atoms with Gasteiger partial charge in [-0.05, 0) is 176 Å². The van der Waals surface area contributed by atoms with Crippen LogP contribution >= 0.6 is 22.7 Å². The first-order chi connectivity index (χ1) is 47.7. The number of carbonyl (C=O) groups is 6. The molecule has 4 aromatic heterocycles. The number of hydrogen-bond donors (Lipinski definition) is 4. The van der Waals surface area contributed by atoms with Gasteiger partial charge in [0.2, 0.25) is 29.5 Å². The number of ether oxygens (including phenoxy) is 5. The van der Waals surface area contributed by atoms with Crippen LogP contribution in [0.4, 0.5) is 0 Å². The van der Waals surface area contributed by atoms with Crippen LogP contribution in [0.5, 0.6) is 17.4 Å². The van der Waals surface area contributed by atoms with Crippen molar-refractivity contribution in [1.29, 1.82) is 0 Å². The largest absolute Gasteiger partial charge is 0.497 e. The highest BCUT2D eigenvalue weighted by Gasteiger charge is 2.63. The molecular formula is C76H94N8O13S2. The number of carbonyl (C=O) groups excluding carboxylic acids is 6. The minimum absolute atomic E-state index is 0.0895. The van der Waals surface area contributed by atoms with Crippen LogP contribution in [0.3, 0.4) is 0 Å². The number of esters is 2. The molecule has 4 N–H and O–H groups in total. The van der Waals surface area contributed by atoms with Crippen LogP contribution in [0.2, 0.25) is 0 Å². The van der Waals surface area contributed by atoms with Crippen molar-refractivity contribution in [3.63, 3.8) is 0 Å². The molecule has 0 saturated heterocycles. The second-order valence-corrected chi connectivity index (χ2v) is 28.6. The molecule has 2 aromatic carbocycles. The van der Waals surface area contributed by atoms with Crippen molar-refractivity contribution >= 4 is 79.8 Å². The zero-order valence-corrected chi connectivity index (χ0v) is 59.4. The lowest BCUT2D eigenvalue weighted by Gasteiger charge is -2.26. The average Bonchev–Trinajstić information content (AvgIpc) is 1.59. The van der Waals surface area contributed by atoms with E-state index in [1.807, 2.05) is 48.6 Å². The molecule has 0 aliphatic heterocycles. The number of aromatic amines is 1. The Labute approximate surface area is 586 Å². The molecule has 4 heterocycles. The van der Waals surface area contributed by atoms with Gasteiger partial charge in [-0.1, -0.05) is 24.3 Å². The number of thiazole rings is 2. The summed E-state index contributed by atoms with van der Waals surface area (Å²) in [4.78, 5) is 112. The Bertz CT molecular complexity index is 4030. The molecule has 0 spiro atoms. The number of fused-ring (bicyclic) bond motifs is 2. The fourth-order valence-electron chi connectivity index (χ4n) is 13.6. The zero-order valence-electron chi connectivity index (χ0n) is 57.7. The SMILES string of the molecule is C=CCCCCN(C)C(=O)[C@@H]1C[C@@H](O)C[C@H]1C(=O)N[C@]1(C(=O)OCC)C[C@H]1C=C.C=CCCCCN(C)C(=O)[C@@H]1C[C@H](Oc2nc(-c3nc(C4CC4)cs3)cc3cc(OC)ccc23)C[C@H]1C(=O)N[C@@]1(C(=O)OCC)C[C@H]1C=C.COc1ccc2c(=O)[nH]c(-c3nc(C4CC4)cs3)cc2c1. The molecule has 6 aliphatic rings. The van der Waals surface area contributed by atoms with Crippen molar-refractivity contribution < 1.29 is 57.6 Å². The maximum absolute atomic E-state index is 14.1. The summed E-state index contributed by atoms with van der Waals surface area (Å²) < 4.78 is 27.9. The summed E-state index contributed by atoms with van der Waals surface area (Å²) in [6.07, 6.45) is 17.9. The number of H-pyrrole nitrogens is 1. The van der Waals surface area contributed by atoms with Gasteiger partial charge >= 0.3 is 11.9 Å². The lowest BCUT2D eigenvalue weighted by molar-refractivity contribution is -0.150. The van der Waals surface area contributed by atoms with Gasteiger partial charge in [0.1, 0.15) is 44.4 Å². The maximum Gasteiger partial charge on any atom is 0.332 e. The number of allylic oxidation sites excluding steroid dienone is 2. The van der Waals surface area contributed by atoms with Crippen LogP contribution in [-0.4, -0.2) is 148 Å². The predicted molar refractivity (Wildman–Crippen MR) is 383 cm³/mol. The van der Waals surface area contributed by atoms with Gasteiger partial charge in [-0.2, -0.15) is 0 Å². The van der Waals surface area contributed by atoms with E-state index in [9.17, 15) is 38.7 Å². The number of methoxy groups -OCH3 is 2. The van der Waals surface area contributed by atoms with Gasteiger partial charge in [0.15, 0.2) is 0 Å². The number of pyridine rings is 2. The lowest BCUT2D eigenvalue weighted by atomic mass is 9.93. The molecule has 0 bridgehead atoms. The molecule has 6 fully saturated rings. The highest BCUT2D eigenvalue weighted by atomic mass is 32.1. The predicted octanol–water partition coefficient (Wildman–Crippen LogP) is 11.8.